The lowest BCUT2D eigenvalue weighted by atomic mass is 9.37. The summed E-state index contributed by atoms with van der Waals surface area (Å²) in [6.45, 7) is 9.99. The number of carbonyl (C=O) groups is 3. The normalized spacial score (nSPS) is 49.5. The van der Waals surface area contributed by atoms with E-state index in [9.17, 15) is 14.4 Å². The van der Waals surface area contributed by atoms with Crippen molar-refractivity contribution in [3.63, 3.8) is 0 Å². The van der Waals surface area contributed by atoms with Crippen LogP contribution in [0.5, 0.6) is 0 Å². The Labute approximate surface area is 192 Å². The Morgan fingerprint density at radius 3 is 2.45 bits per heavy atom. The van der Waals surface area contributed by atoms with E-state index in [0.717, 1.165) is 12.0 Å². The van der Waals surface area contributed by atoms with Gasteiger partial charge in [0.25, 0.3) is 0 Å². The lowest BCUT2D eigenvalue weighted by Gasteiger charge is -2.64. The van der Waals surface area contributed by atoms with Gasteiger partial charge in [-0.25, -0.2) is 9.59 Å². The summed E-state index contributed by atoms with van der Waals surface area (Å²) in [5.74, 6) is -1.02. The van der Waals surface area contributed by atoms with Gasteiger partial charge in [-0.3, -0.25) is 4.79 Å². The molecule has 7 nitrogen and oxygen atoms in total. The maximum Gasteiger partial charge on any atom is 0.339 e. The zero-order chi connectivity index (χ0) is 23.6. The van der Waals surface area contributed by atoms with E-state index in [0.29, 0.717) is 6.42 Å². The SMILES string of the molecule is CC1(C)OC(=O)C=C[C@]2(C)[C@H]3CC[C@@]4(C)[C@H](c5ccoc5)OC(=O)[C@H]5O[C@]54[C@]3(C)C(=O)C[C@@H]12. The van der Waals surface area contributed by atoms with Gasteiger partial charge in [0.15, 0.2) is 6.10 Å². The van der Waals surface area contributed by atoms with E-state index in [2.05, 4.69) is 13.8 Å². The van der Waals surface area contributed by atoms with Crippen LogP contribution in [-0.2, 0) is 28.6 Å². The molecule has 8 atom stereocenters. The summed E-state index contributed by atoms with van der Waals surface area (Å²) in [4.78, 5) is 39.6. The number of ketones is 1. The summed E-state index contributed by atoms with van der Waals surface area (Å²) in [6.07, 6.45) is 7.04. The van der Waals surface area contributed by atoms with Crippen LogP contribution in [0.4, 0.5) is 0 Å². The zero-order valence-electron chi connectivity index (χ0n) is 19.7. The van der Waals surface area contributed by atoms with Crippen molar-refractivity contribution in [1.82, 2.24) is 0 Å². The average molecular weight is 455 g/mol. The van der Waals surface area contributed by atoms with Gasteiger partial charge in [-0.2, -0.15) is 0 Å². The van der Waals surface area contributed by atoms with Crippen molar-refractivity contribution in [2.45, 2.75) is 77.3 Å². The molecule has 7 heteroatoms. The Morgan fingerprint density at radius 2 is 1.76 bits per heavy atom. The molecule has 0 N–H and O–H groups in total. The topological polar surface area (TPSA) is 95.3 Å². The van der Waals surface area contributed by atoms with E-state index in [-0.39, 0.29) is 30.0 Å². The van der Waals surface area contributed by atoms with E-state index < -0.39 is 45.6 Å². The number of esters is 2. The summed E-state index contributed by atoms with van der Waals surface area (Å²) in [7, 11) is 0. The first-order valence-corrected chi connectivity index (χ1v) is 11.8. The zero-order valence-corrected chi connectivity index (χ0v) is 19.7. The van der Waals surface area contributed by atoms with Crippen molar-refractivity contribution >= 4 is 17.7 Å². The molecule has 5 aliphatic rings. The van der Waals surface area contributed by atoms with Crippen LogP contribution in [0.2, 0.25) is 0 Å². The van der Waals surface area contributed by atoms with Crippen LogP contribution < -0.4 is 0 Å². The molecule has 176 valence electrons. The van der Waals surface area contributed by atoms with Crippen LogP contribution in [0.3, 0.4) is 0 Å². The molecule has 4 heterocycles. The van der Waals surface area contributed by atoms with Crippen LogP contribution in [0.1, 0.15) is 65.5 Å². The van der Waals surface area contributed by atoms with E-state index in [1.54, 1.807) is 12.5 Å². The molecule has 3 aliphatic heterocycles. The fourth-order valence-electron chi connectivity index (χ4n) is 8.49. The fourth-order valence-corrected chi connectivity index (χ4v) is 8.49. The number of ether oxygens (including phenoxy) is 3. The van der Waals surface area contributed by atoms with Gasteiger partial charge in [0, 0.05) is 29.4 Å². The summed E-state index contributed by atoms with van der Waals surface area (Å²) < 4.78 is 23.3. The number of hydrogen-bond acceptors (Lipinski definition) is 7. The summed E-state index contributed by atoms with van der Waals surface area (Å²) in [6, 6.07) is 1.81. The number of rotatable bonds is 1. The molecule has 2 saturated heterocycles. The van der Waals surface area contributed by atoms with Gasteiger partial charge in [0.05, 0.1) is 17.9 Å². The lowest BCUT2D eigenvalue weighted by Crippen LogP contribution is -2.71. The molecule has 6 rings (SSSR count). The minimum atomic E-state index is -0.958. The second-order valence-electron chi connectivity index (χ2n) is 11.7. The molecule has 1 spiro atoms. The number of allylic oxidation sites excluding steroid dienone is 1. The third kappa shape index (κ3) is 2.23. The molecule has 33 heavy (non-hydrogen) atoms. The molecule has 0 amide bonds. The van der Waals surface area contributed by atoms with Crippen molar-refractivity contribution in [2.24, 2.45) is 28.1 Å². The number of carbonyl (C=O) groups excluding carboxylic acids is 3. The summed E-state index contributed by atoms with van der Waals surface area (Å²) in [5, 5.41) is 0. The van der Waals surface area contributed by atoms with Gasteiger partial charge in [0.2, 0.25) is 0 Å². The van der Waals surface area contributed by atoms with Crippen molar-refractivity contribution in [2.75, 3.05) is 0 Å². The van der Waals surface area contributed by atoms with Crippen LogP contribution in [-0.4, -0.2) is 35.0 Å². The highest BCUT2D eigenvalue weighted by molar-refractivity contribution is 5.93. The van der Waals surface area contributed by atoms with Crippen molar-refractivity contribution in [3.05, 3.63) is 36.3 Å². The minimum Gasteiger partial charge on any atom is -0.472 e. The monoisotopic (exact) mass is 454 g/mol. The van der Waals surface area contributed by atoms with Gasteiger partial charge in [-0.05, 0) is 51.0 Å². The Hall–Kier alpha value is -2.41. The van der Waals surface area contributed by atoms with Gasteiger partial charge in [-0.15, -0.1) is 0 Å². The first-order chi connectivity index (χ1) is 15.4. The second kappa shape index (κ2) is 5.98. The quantitative estimate of drug-likeness (QED) is 0.469. The molecule has 2 saturated carbocycles. The van der Waals surface area contributed by atoms with Gasteiger partial charge in [-0.1, -0.05) is 19.9 Å². The number of fused-ring (bicyclic) bond motifs is 3. The first kappa shape index (κ1) is 21.1. The molecule has 1 aromatic heterocycles. The molecule has 0 radical (unpaired) electrons. The Morgan fingerprint density at radius 1 is 1.00 bits per heavy atom. The maximum absolute atomic E-state index is 14.1. The van der Waals surface area contributed by atoms with Crippen LogP contribution >= 0.6 is 0 Å². The maximum atomic E-state index is 14.1. The molecular formula is C26H30O7. The Kier molecular flexibility index (Phi) is 3.83. The van der Waals surface area contributed by atoms with E-state index in [1.165, 1.54) is 6.08 Å². The third-order valence-corrected chi connectivity index (χ3v) is 10.0. The molecule has 0 aromatic carbocycles. The second-order valence-corrected chi connectivity index (χ2v) is 11.7. The third-order valence-electron chi connectivity index (χ3n) is 10.0. The predicted molar refractivity (Wildman–Crippen MR) is 115 cm³/mol. The van der Waals surface area contributed by atoms with E-state index >= 15 is 0 Å². The van der Waals surface area contributed by atoms with Crippen LogP contribution in [0.25, 0.3) is 0 Å². The number of furan rings is 1. The number of epoxide rings is 1. The predicted octanol–water partition coefficient (Wildman–Crippen LogP) is 3.92. The first-order valence-electron chi connectivity index (χ1n) is 11.8. The van der Waals surface area contributed by atoms with Crippen molar-refractivity contribution in [1.29, 1.82) is 0 Å². The van der Waals surface area contributed by atoms with Crippen molar-refractivity contribution < 1.29 is 33.0 Å². The van der Waals surface area contributed by atoms with Crippen LogP contribution in [0, 0.1) is 28.1 Å². The van der Waals surface area contributed by atoms with Gasteiger partial charge in [0.1, 0.15) is 23.1 Å². The highest BCUT2D eigenvalue weighted by Gasteiger charge is 2.88. The number of cyclic esters (lactones) is 2. The Balaban J connectivity index is 1.53. The smallest absolute Gasteiger partial charge is 0.339 e. The highest BCUT2D eigenvalue weighted by Crippen LogP contribution is 2.78. The van der Waals surface area contributed by atoms with Crippen molar-refractivity contribution in [3.8, 4) is 0 Å². The molecule has 1 aromatic rings. The van der Waals surface area contributed by atoms with Crippen LogP contribution in [0.15, 0.2) is 35.2 Å². The standard InChI is InChI=1S/C26H30O7/c1-22(2)16-12-17(27)25(5)15(23(16,3)9-7-18(28)32-22)6-10-24(4)19(14-8-11-30-13-14)31-21(29)20-26(24,25)33-20/h7-9,11,13,15-16,19-20H,6,10,12H2,1-5H3/t15-,16+,19+,20-,23-,24+,25+,26-/m1/s1. The average Bonchev–Trinajstić information content (AvgIpc) is 3.33. The number of Topliss-reactive ketones (excluding diaryl/α,β-unsaturated/α-hetero) is 1. The molecule has 0 bridgehead atoms. The summed E-state index contributed by atoms with van der Waals surface area (Å²) in [5.41, 5.74) is -2.94. The lowest BCUT2D eigenvalue weighted by molar-refractivity contribution is -0.215. The fraction of sp³-hybridized carbons (Fsp3) is 0.654. The number of hydrogen-bond donors (Lipinski definition) is 0. The molecular weight excluding hydrogens is 424 g/mol. The molecule has 4 fully saturated rings. The van der Waals surface area contributed by atoms with Gasteiger partial charge >= 0.3 is 11.9 Å². The van der Waals surface area contributed by atoms with Gasteiger partial charge < -0.3 is 18.6 Å². The molecule has 0 unspecified atom stereocenters. The van der Waals surface area contributed by atoms with E-state index in [4.69, 9.17) is 18.6 Å². The largest absolute Gasteiger partial charge is 0.472 e. The van der Waals surface area contributed by atoms with E-state index in [1.807, 2.05) is 32.9 Å². The Bertz CT molecular complexity index is 1100. The highest BCUT2D eigenvalue weighted by atomic mass is 16.7. The minimum absolute atomic E-state index is 0.0727. The molecule has 2 aliphatic carbocycles. The summed E-state index contributed by atoms with van der Waals surface area (Å²) >= 11 is 0.